The predicted octanol–water partition coefficient (Wildman–Crippen LogP) is 1.31. The Labute approximate surface area is 159 Å². The van der Waals surface area contributed by atoms with Gasteiger partial charge in [0, 0.05) is 17.4 Å². The van der Waals surface area contributed by atoms with E-state index in [2.05, 4.69) is 24.7 Å². The van der Waals surface area contributed by atoms with E-state index in [0.717, 1.165) is 12.2 Å². The van der Waals surface area contributed by atoms with Gasteiger partial charge in [-0.05, 0) is 36.3 Å². The number of ether oxygens (including phenoxy) is 1. The molecule has 7 nitrogen and oxygen atoms in total. The third-order valence-corrected chi connectivity index (χ3v) is 4.83. The van der Waals surface area contributed by atoms with Crippen LogP contribution in [0.25, 0.3) is 0 Å². The van der Waals surface area contributed by atoms with Crippen molar-refractivity contribution in [1.82, 2.24) is 10.9 Å². The SMILES string of the molecule is CCCOc1cccc(C(=O)NNC(=O)[C@@H](O)[C@H](N)CSCC(C)C)c1. The lowest BCUT2D eigenvalue weighted by Crippen LogP contribution is -2.52. The number of benzene rings is 1. The number of carbonyl (C=O) groups excluding carboxylic acids is 2. The number of nitrogens with two attached hydrogens (primary N) is 1. The first kappa shape index (κ1) is 22.3. The summed E-state index contributed by atoms with van der Waals surface area (Å²) < 4.78 is 5.47. The fraction of sp³-hybridized carbons (Fsp3) is 0.556. The van der Waals surface area contributed by atoms with Crippen LogP contribution in [0.5, 0.6) is 5.75 Å². The minimum absolute atomic E-state index is 0.338. The van der Waals surface area contributed by atoms with E-state index in [1.165, 1.54) is 0 Å². The number of aliphatic hydroxyl groups is 1. The van der Waals surface area contributed by atoms with Crippen LogP contribution < -0.4 is 21.3 Å². The summed E-state index contributed by atoms with van der Waals surface area (Å²) in [6.07, 6.45) is -0.533. The summed E-state index contributed by atoms with van der Waals surface area (Å²) in [5.41, 5.74) is 10.6. The number of amides is 2. The fourth-order valence-electron chi connectivity index (χ4n) is 1.94. The van der Waals surface area contributed by atoms with Crippen LogP contribution >= 0.6 is 11.8 Å². The maximum atomic E-state index is 12.1. The number of thioether (sulfide) groups is 1. The highest BCUT2D eigenvalue weighted by Crippen LogP contribution is 2.13. The van der Waals surface area contributed by atoms with Crippen LogP contribution in [0, 0.1) is 5.92 Å². The molecule has 0 heterocycles. The number of nitrogens with one attached hydrogen (secondary N) is 2. The van der Waals surface area contributed by atoms with Crippen molar-refractivity contribution in [3.63, 3.8) is 0 Å². The Morgan fingerprint density at radius 2 is 2.00 bits per heavy atom. The van der Waals surface area contributed by atoms with Crippen molar-refractivity contribution in [3.8, 4) is 5.75 Å². The molecule has 146 valence electrons. The third-order valence-electron chi connectivity index (χ3n) is 3.30. The number of hydrazine groups is 1. The maximum absolute atomic E-state index is 12.1. The van der Waals surface area contributed by atoms with Crippen LogP contribution in [0.15, 0.2) is 24.3 Å². The van der Waals surface area contributed by atoms with Gasteiger partial charge in [-0.15, -0.1) is 0 Å². The van der Waals surface area contributed by atoms with Crippen molar-refractivity contribution < 1.29 is 19.4 Å². The molecule has 2 amide bonds. The van der Waals surface area contributed by atoms with E-state index >= 15 is 0 Å². The monoisotopic (exact) mass is 383 g/mol. The lowest BCUT2D eigenvalue weighted by molar-refractivity contribution is -0.130. The molecular weight excluding hydrogens is 354 g/mol. The zero-order valence-corrected chi connectivity index (χ0v) is 16.3. The van der Waals surface area contributed by atoms with E-state index in [9.17, 15) is 14.7 Å². The van der Waals surface area contributed by atoms with Crippen LogP contribution in [-0.4, -0.2) is 47.2 Å². The molecule has 0 saturated heterocycles. The Kier molecular flexibility index (Phi) is 10.1. The van der Waals surface area contributed by atoms with Gasteiger partial charge in [0.15, 0.2) is 0 Å². The van der Waals surface area contributed by atoms with Crippen LogP contribution in [0.3, 0.4) is 0 Å². The van der Waals surface area contributed by atoms with E-state index < -0.39 is 24.0 Å². The molecule has 0 bridgehead atoms. The zero-order valence-electron chi connectivity index (χ0n) is 15.5. The second kappa shape index (κ2) is 11.8. The van der Waals surface area contributed by atoms with Crippen molar-refractivity contribution in [2.24, 2.45) is 11.7 Å². The summed E-state index contributed by atoms with van der Waals surface area (Å²) in [6.45, 7) is 6.71. The molecule has 0 aliphatic carbocycles. The van der Waals surface area contributed by atoms with Gasteiger partial charge in [-0.1, -0.05) is 26.8 Å². The first-order valence-corrected chi connectivity index (χ1v) is 9.85. The van der Waals surface area contributed by atoms with Gasteiger partial charge in [-0.3, -0.25) is 20.4 Å². The molecule has 5 N–H and O–H groups in total. The standard InChI is InChI=1S/C18H29N3O4S/c1-4-8-25-14-7-5-6-13(9-14)17(23)20-21-18(24)16(22)15(19)11-26-10-12(2)3/h5-7,9,12,15-16,22H,4,8,10-11,19H2,1-3H3,(H,20,23)(H,21,24)/t15-,16+/m1/s1. The third kappa shape index (κ3) is 8.07. The molecular formula is C18H29N3O4S. The largest absolute Gasteiger partial charge is 0.494 e. The molecule has 0 fully saturated rings. The maximum Gasteiger partial charge on any atom is 0.269 e. The molecule has 8 heteroatoms. The number of hydrogen-bond donors (Lipinski definition) is 4. The van der Waals surface area contributed by atoms with Gasteiger partial charge in [0.2, 0.25) is 0 Å². The average molecular weight is 384 g/mol. The Balaban J connectivity index is 2.46. The quantitative estimate of drug-likeness (QED) is 0.453. The molecule has 26 heavy (non-hydrogen) atoms. The average Bonchev–Trinajstić information content (AvgIpc) is 2.63. The highest BCUT2D eigenvalue weighted by molar-refractivity contribution is 7.99. The Bertz CT molecular complexity index is 583. The van der Waals surface area contributed by atoms with Crippen molar-refractivity contribution >= 4 is 23.6 Å². The van der Waals surface area contributed by atoms with E-state index in [1.54, 1.807) is 36.0 Å². The highest BCUT2D eigenvalue weighted by Gasteiger charge is 2.23. The smallest absolute Gasteiger partial charge is 0.269 e. The van der Waals surface area contributed by atoms with Crippen molar-refractivity contribution in [2.75, 3.05) is 18.1 Å². The van der Waals surface area contributed by atoms with Crippen LogP contribution in [0.1, 0.15) is 37.6 Å². The molecule has 1 aromatic carbocycles. The second-order valence-corrected chi connectivity index (χ2v) is 7.43. The number of rotatable bonds is 10. The summed E-state index contributed by atoms with van der Waals surface area (Å²) >= 11 is 1.58. The van der Waals surface area contributed by atoms with Gasteiger partial charge in [-0.2, -0.15) is 11.8 Å². The topological polar surface area (TPSA) is 114 Å². The molecule has 0 saturated carbocycles. The predicted molar refractivity (Wildman–Crippen MR) is 104 cm³/mol. The van der Waals surface area contributed by atoms with Crippen LogP contribution in [-0.2, 0) is 4.79 Å². The van der Waals surface area contributed by atoms with Crippen molar-refractivity contribution in [1.29, 1.82) is 0 Å². The molecule has 0 spiro atoms. The Morgan fingerprint density at radius 1 is 1.27 bits per heavy atom. The normalized spacial score (nSPS) is 13.2. The van der Waals surface area contributed by atoms with Gasteiger partial charge >= 0.3 is 0 Å². The van der Waals surface area contributed by atoms with E-state index in [0.29, 0.717) is 29.6 Å². The number of aliphatic hydroxyl groups excluding tert-OH is 1. The van der Waals surface area contributed by atoms with E-state index in [4.69, 9.17) is 10.5 Å². The first-order chi connectivity index (χ1) is 12.3. The van der Waals surface area contributed by atoms with Gasteiger partial charge in [0.05, 0.1) is 6.61 Å². The molecule has 0 radical (unpaired) electrons. The minimum Gasteiger partial charge on any atom is -0.494 e. The molecule has 1 aromatic rings. The van der Waals surface area contributed by atoms with Crippen molar-refractivity contribution in [3.05, 3.63) is 29.8 Å². The second-order valence-electron chi connectivity index (χ2n) is 6.36. The minimum atomic E-state index is -1.39. The number of carbonyl (C=O) groups is 2. The summed E-state index contributed by atoms with van der Waals surface area (Å²) in [5.74, 6) is 1.20. The van der Waals surface area contributed by atoms with E-state index in [-0.39, 0.29) is 0 Å². The van der Waals surface area contributed by atoms with Crippen molar-refractivity contribution in [2.45, 2.75) is 39.3 Å². The van der Waals surface area contributed by atoms with Crippen LogP contribution in [0.2, 0.25) is 0 Å². The summed E-state index contributed by atoms with van der Waals surface area (Å²) in [6, 6.07) is 5.93. The van der Waals surface area contributed by atoms with E-state index in [1.807, 2.05) is 6.92 Å². The van der Waals surface area contributed by atoms with Gasteiger partial charge in [-0.25, -0.2) is 0 Å². The van der Waals surface area contributed by atoms with Gasteiger partial charge < -0.3 is 15.6 Å². The zero-order chi connectivity index (χ0) is 19.5. The summed E-state index contributed by atoms with van der Waals surface area (Å²) in [7, 11) is 0. The summed E-state index contributed by atoms with van der Waals surface area (Å²) in [5, 5.41) is 9.95. The van der Waals surface area contributed by atoms with Crippen LogP contribution in [0.4, 0.5) is 0 Å². The fourth-order valence-corrected chi connectivity index (χ4v) is 3.00. The molecule has 0 aliphatic rings. The lowest BCUT2D eigenvalue weighted by Gasteiger charge is -2.18. The highest BCUT2D eigenvalue weighted by atomic mass is 32.2. The first-order valence-electron chi connectivity index (χ1n) is 8.69. The Morgan fingerprint density at radius 3 is 2.65 bits per heavy atom. The molecule has 1 rings (SSSR count). The molecule has 0 unspecified atom stereocenters. The molecule has 2 atom stereocenters. The molecule has 0 aliphatic heterocycles. The van der Waals surface area contributed by atoms with Gasteiger partial charge in [0.1, 0.15) is 11.9 Å². The number of hydrogen-bond acceptors (Lipinski definition) is 6. The lowest BCUT2D eigenvalue weighted by atomic mass is 10.2. The van der Waals surface area contributed by atoms with Gasteiger partial charge in [0.25, 0.3) is 11.8 Å². The molecule has 0 aromatic heterocycles. The Hall–Kier alpha value is -1.77. The summed E-state index contributed by atoms with van der Waals surface area (Å²) in [4.78, 5) is 24.1.